The van der Waals surface area contributed by atoms with Gasteiger partial charge < -0.3 is 10.4 Å². The summed E-state index contributed by atoms with van der Waals surface area (Å²) in [6.07, 6.45) is 0. The van der Waals surface area contributed by atoms with Gasteiger partial charge in [0.15, 0.2) is 0 Å². The highest BCUT2D eigenvalue weighted by Gasteiger charge is 2.10. The molecule has 0 spiro atoms. The lowest BCUT2D eigenvalue weighted by Gasteiger charge is -2.07. The van der Waals surface area contributed by atoms with Crippen LogP contribution in [0.3, 0.4) is 0 Å². The number of hydrogen-bond acceptors (Lipinski definition) is 2. The summed E-state index contributed by atoms with van der Waals surface area (Å²) in [6, 6.07) is 8.53. The van der Waals surface area contributed by atoms with Crippen molar-refractivity contribution < 1.29 is 23.5 Å². The van der Waals surface area contributed by atoms with E-state index in [2.05, 4.69) is 5.32 Å². The van der Waals surface area contributed by atoms with Crippen LogP contribution in [-0.4, -0.2) is 17.0 Å². The number of carboxylic acid groups (broad SMARTS) is 1. The molecule has 0 unspecified atom stereocenters. The van der Waals surface area contributed by atoms with Gasteiger partial charge in [0, 0.05) is 23.7 Å². The molecule has 4 nitrogen and oxygen atoms in total. The van der Waals surface area contributed by atoms with Crippen molar-refractivity contribution >= 4 is 11.9 Å². The molecule has 0 bridgehead atoms. The Morgan fingerprint density at radius 1 is 1.05 bits per heavy atom. The molecule has 0 aromatic heterocycles. The zero-order chi connectivity index (χ0) is 15.4. The van der Waals surface area contributed by atoms with Gasteiger partial charge in [-0.1, -0.05) is 12.1 Å². The molecule has 0 aliphatic carbocycles. The third kappa shape index (κ3) is 3.62. The molecule has 2 N–H and O–H groups in total. The molecular formula is C15H11F2NO3. The van der Waals surface area contributed by atoms with Gasteiger partial charge >= 0.3 is 5.97 Å². The lowest BCUT2D eigenvalue weighted by molar-refractivity contribution is 0.0697. The Balaban J connectivity index is 2.08. The van der Waals surface area contributed by atoms with Crippen molar-refractivity contribution in [3.8, 4) is 0 Å². The first-order valence-corrected chi connectivity index (χ1v) is 6.03. The lowest BCUT2D eigenvalue weighted by Crippen LogP contribution is -2.23. The van der Waals surface area contributed by atoms with Crippen molar-refractivity contribution in [3.05, 3.63) is 70.8 Å². The molecule has 108 valence electrons. The van der Waals surface area contributed by atoms with Crippen LogP contribution in [-0.2, 0) is 6.54 Å². The van der Waals surface area contributed by atoms with Gasteiger partial charge in [-0.25, -0.2) is 13.6 Å². The minimum atomic E-state index is -1.14. The van der Waals surface area contributed by atoms with Gasteiger partial charge in [-0.3, -0.25) is 4.79 Å². The molecule has 0 heterocycles. The molecule has 0 saturated carbocycles. The molecule has 0 atom stereocenters. The van der Waals surface area contributed by atoms with Crippen molar-refractivity contribution in [3.63, 3.8) is 0 Å². The minimum absolute atomic E-state index is 0.0180. The first-order valence-electron chi connectivity index (χ1n) is 6.03. The summed E-state index contributed by atoms with van der Waals surface area (Å²) in [5.74, 6) is -3.14. The Morgan fingerprint density at radius 3 is 2.43 bits per heavy atom. The summed E-state index contributed by atoms with van der Waals surface area (Å²) in [7, 11) is 0. The van der Waals surface area contributed by atoms with Crippen LogP contribution in [0.25, 0.3) is 0 Å². The quantitative estimate of drug-likeness (QED) is 0.910. The maximum Gasteiger partial charge on any atom is 0.335 e. The molecule has 6 heteroatoms. The average Bonchev–Trinajstić information content (AvgIpc) is 2.46. The third-order valence-electron chi connectivity index (χ3n) is 2.83. The topological polar surface area (TPSA) is 66.4 Å². The second-order valence-corrected chi connectivity index (χ2v) is 4.30. The number of carboxylic acids is 1. The van der Waals surface area contributed by atoms with Gasteiger partial charge in [0.05, 0.1) is 5.56 Å². The van der Waals surface area contributed by atoms with Crippen LogP contribution in [0.5, 0.6) is 0 Å². The summed E-state index contributed by atoms with van der Waals surface area (Å²) in [6.45, 7) is -0.123. The normalized spacial score (nSPS) is 10.2. The van der Waals surface area contributed by atoms with Crippen LogP contribution in [0.1, 0.15) is 26.3 Å². The van der Waals surface area contributed by atoms with Crippen molar-refractivity contribution in [2.24, 2.45) is 0 Å². The van der Waals surface area contributed by atoms with Gasteiger partial charge in [0.1, 0.15) is 11.6 Å². The lowest BCUT2D eigenvalue weighted by atomic mass is 10.1. The molecule has 2 rings (SSSR count). The smallest absolute Gasteiger partial charge is 0.335 e. The Kier molecular flexibility index (Phi) is 4.27. The maximum atomic E-state index is 13.4. The van der Waals surface area contributed by atoms with E-state index >= 15 is 0 Å². The van der Waals surface area contributed by atoms with E-state index in [0.29, 0.717) is 0 Å². The summed E-state index contributed by atoms with van der Waals surface area (Å²) >= 11 is 0. The van der Waals surface area contributed by atoms with Crippen LogP contribution >= 0.6 is 0 Å². The molecule has 1 amide bonds. The zero-order valence-corrected chi connectivity index (χ0v) is 10.8. The number of aromatic carboxylic acids is 1. The first kappa shape index (κ1) is 14.6. The third-order valence-corrected chi connectivity index (χ3v) is 2.83. The highest BCUT2D eigenvalue weighted by molar-refractivity contribution is 5.97. The van der Waals surface area contributed by atoms with Gasteiger partial charge in [-0.2, -0.15) is 0 Å². The highest BCUT2D eigenvalue weighted by atomic mass is 19.1. The predicted octanol–water partition coefficient (Wildman–Crippen LogP) is 2.59. The van der Waals surface area contributed by atoms with Crippen LogP contribution in [0.15, 0.2) is 42.5 Å². The molecule has 0 radical (unpaired) electrons. The SMILES string of the molecule is O=C(O)c1cccc(C(=O)NCc2ccc(F)cc2F)c1. The average molecular weight is 291 g/mol. The molecule has 0 fully saturated rings. The second-order valence-electron chi connectivity index (χ2n) is 4.30. The van der Waals surface area contributed by atoms with Crippen LogP contribution < -0.4 is 5.32 Å². The second kappa shape index (κ2) is 6.13. The predicted molar refractivity (Wildman–Crippen MR) is 70.9 cm³/mol. The Morgan fingerprint density at radius 2 is 1.76 bits per heavy atom. The minimum Gasteiger partial charge on any atom is -0.478 e. The first-order chi connectivity index (χ1) is 9.97. The fraction of sp³-hybridized carbons (Fsp3) is 0.0667. The zero-order valence-electron chi connectivity index (χ0n) is 10.8. The number of hydrogen-bond donors (Lipinski definition) is 2. The Bertz CT molecular complexity index is 701. The fourth-order valence-electron chi connectivity index (χ4n) is 1.74. The van der Waals surface area contributed by atoms with E-state index in [4.69, 9.17) is 5.11 Å². The molecule has 0 saturated heterocycles. The fourth-order valence-corrected chi connectivity index (χ4v) is 1.74. The molecule has 0 aliphatic heterocycles. The standard InChI is InChI=1S/C15H11F2NO3/c16-12-5-4-11(13(17)7-12)8-18-14(19)9-2-1-3-10(6-9)15(20)21/h1-7H,8H2,(H,18,19)(H,20,21). The van der Waals surface area contributed by atoms with E-state index in [9.17, 15) is 18.4 Å². The number of carbonyl (C=O) groups excluding carboxylic acids is 1. The molecule has 0 aliphatic rings. The monoisotopic (exact) mass is 291 g/mol. The van der Waals surface area contributed by atoms with E-state index in [-0.39, 0.29) is 23.2 Å². The van der Waals surface area contributed by atoms with E-state index in [1.807, 2.05) is 0 Å². The Hall–Kier alpha value is -2.76. The summed E-state index contributed by atoms with van der Waals surface area (Å²) in [5, 5.41) is 11.3. The van der Waals surface area contributed by atoms with E-state index in [1.165, 1.54) is 30.3 Å². The van der Waals surface area contributed by atoms with Crippen molar-refractivity contribution in [2.75, 3.05) is 0 Å². The molecule has 21 heavy (non-hydrogen) atoms. The number of benzene rings is 2. The highest BCUT2D eigenvalue weighted by Crippen LogP contribution is 2.10. The van der Waals surface area contributed by atoms with Crippen molar-refractivity contribution in [2.45, 2.75) is 6.54 Å². The number of carbonyl (C=O) groups is 2. The molecule has 2 aromatic rings. The van der Waals surface area contributed by atoms with Gasteiger partial charge in [-0.05, 0) is 24.3 Å². The number of nitrogens with one attached hydrogen (secondary N) is 1. The maximum absolute atomic E-state index is 13.4. The molecule has 2 aromatic carbocycles. The molecular weight excluding hydrogens is 280 g/mol. The van der Waals surface area contributed by atoms with Gasteiger partial charge in [0.25, 0.3) is 5.91 Å². The van der Waals surface area contributed by atoms with Crippen LogP contribution in [0.4, 0.5) is 8.78 Å². The van der Waals surface area contributed by atoms with Crippen LogP contribution in [0, 0.1) is 11.6 Å². The van der Waals surface area contributed by atoms with E-state index in [0.717, 1.165) is 12.1 Å². The van der Waals surface area contributed by atoms with Crippen molar-refractivity contribution in [1.82, 2.24) is 5.32 Å². The van der Waals surface area contributed by atoms with Gasteiger partial charge in [0.2, 0.25) is 0 Å². The summed E-state index contributed by atoms with van der Waals surface area (Å²) in [5.41, 5.74) is 0.271. The van der Waals surface area contributed by atoms with E-state index in [1.54, 1.807) is 0 Å². The summed E-state index contributed by atoms with van der Waals surface area (Å²) in [4.78, 5) is 22.7. The van der Waals surface area contributed by atoms with Crippen LogP contribution in [0.2, 0.25) is 0 Å². The van der Waals surface area contributed by atoms with Crippen molar-refractivity contribution in [1.29, 1.82) is 0 Å². The summed E-state index contributed by atoms with van der Waals surface area (Å²) < 4.78 is 26.2. The number of amides is 1. The van der Waals surface area contributed by atoms with Gasteiger partial charge in [-0.15, -0.1) is 0 Å². The largest absolute Gasteiger partial charge is 0.478 e. The number of rotatable bonds is 4. The van der Waals surface area contributed by atoms with E-state index < -0.39 is 23.5 Å². The Labute approximate surface area is 119 Å². The number of halogens is 2.